The fourth-order valence-corrected chi connectivity index (χ4v) is 10.6. The summed E-state index contributed by atoms with van der Waals surface area (Å²) in [5.41, 5.74) is 0.599. The second-order valence-electron chi connectivity index (χ2n) is 22.9. The molecular formula is C57H89N7O14. The summed E-state index contributed by atoms with van der Waals surface area (Å²) in [4.78, 5) is 147. The highest BCUT2D eigenvalue weighted by Gasteiger charge is 2.45. The summed E-state index contributed by atoms with van der Waals surface area (Å²) >= 11 is 0. The third-order valence-electron chi connectivity index (χ3n) is 15.5. The van der Waals surface area contributed by atoms with Gasteiger partial charge >= 0.3 is 11.9 Å². The van der Waals surface area contributed by atoms with Crippen molar-refractivity contribution in [3.05, 3.63) is 29.8 Å². The lowest BCUT2D eigenvalue weighted by Crippen LogP contribution is -2.61. The van der Waals surface area contributed by atoms with Crippen molar-refractivity contribution >= 4 is 58.9 Å². The highest BCUT2D eigenvalue weighted by molar-refractivity contribution is 6.35. The molecule has 12 atom stereocenters. The molecule has 0 bridgehead atoms. The van der Waals surface area contributed by atoms with Crippen molar-refractivity contribution in [1.82, 2.24) is 35.6 Å². The zero-order valence-corrected chi connectivity index (χ0v) is 48.5. The molecule has 3 heterocycles. The van der Waals surface area contributed by atoms with Crippen LogP contribution < -0.4 is 20.7 Å². The Kier molecular flexibility index (Phi) is 24.3. The summed E-state index contributed by atoms with van der Waals surface area (Å²) in [5.74, 6) is -9.56. The van der Waals surface area contributed by atoms with Gasteiger partial charge in [-0.15, -0.1) is 0 Å². The monoisotopic (exact) mass is 1100 g/mol. The molecular weight excluding hydrogens is 1010 g/mol. The van der Waals surface area contributed by atoms with E-state index < -0.39 is 138 Å². The maximum atomic E-state index is 15.0. The van der Waals surface area contributed by atoms with E-state index in [1.54, 1.807) is 57.0 Å². The summed E-state index contributed by atoms with van der Waals surface area (Å²) < 4.78 is 17.3. The van der Waals surface area contributed by atoms with Gasteiger partial charge in [-0.05, 0) is 101 Å². The molecule has 1 aromatic rings. The van der Waals surface area contributed by atoms with Crippen LogP contribution in [0.3, 0.4) is 0 Å². The minimum atomic E-state index is -1.66. The fourth-order valence-electron chi connectivity index (χ4n) is 10.6. The zero-order valence-electron chi connectivity index (χ0n) is 48.5. The van der Waals surface area contributed by atoms with Crippen molar-refractivity contribution in [2.24, 2.45) is 29.6 Å². The molecule has 21 nitrogen and oxygen atoms in total. The van der Waals surface area contributed by atoms with Gasteiger partial charge in [0.1, 0.15) is 36.0 Å². The Hall–Kier alpha value is -5.96. The summed E-state index contributed by atoms with van der Waals surface area (Å²) in [7, 11) is 4.64. The number of Topliss-reactive ketones (excluding diaryl/α,β-unsaturated/α-hetero) is 2. The first-order chi connectivity index (χ1) is 36.6. The number of aliphatic hydroxyl groups is 1. The Morgan fingerprint density at radius 1 is 0.872 bits per heavy atom. The van der Waals surface area contributed by atoms with Crippen LogP contribution in [0.2, 0.25) is 0 Å². The van der Waals surface area contributed by atoms with Crippen molar-refractivity contribution in [3.63, 3.8) is 0 Å². The number of likely N-dealkylation sites (tertiary alicyclic amines) is 1. The minimum absolute atomic E-state index is 0.0585. The largest absolute Gasteiger partial charge is 0.497 e. The second-order valence-corrected chi connectivity index (χ2v) is 22.9. The summed E-state index contributed by atoms with van der Waals surface area (Å²) in [6, 6.07) is -0.897. The number of carbonyl (C=O) groups excluding carboxylic acids is 10. The van der Waals surface area contributed by atoms with Crippen LogP contribution in [0, 0.1) is 29.6 Å². The van der Waals surface area contributed by atoms with Gasteiger partial charge in [-0.3, -0.25) is 48.1 Å². The molecule has 2 unspecified atom stereocenters. The SMILES string of the molecule is CC[C@H](C)[C@H]1NC(=O)[C@H](NC(=O)[C@@H](CC(C)C)N(C)CC2CCCN2C(=O)C(C)=O)[C@@H](C)OC(=O)[C@H](Cc2ccc(OC)cc2)N(C)C(=O)C2CCCN2C(=O)[C@H](CC(C)C)NC(=O)[C@@H](C)C(=O)[C@H](C(C)C)OC(=O)C[C@@H]1O. The number of likely N-dealkylation sites (N-methyl/N-ethyl adjacent to an activating group) is 2. The number of aliphatic hydroxyl groups excluding tert-OH is 1. The molecule has 0 radical (unpaired) electrons. The lowest BCUT2D eigenvalue weighted by atomic mass is 9.91. The molecule has 436 valence electrons. The minimum Gasteiger partial charge on any atom is -0.497 e. The predicted molar refractivity (Wildman–Crippen MR) is 289 cm³/mol. The Morgan fingerprint density at radius 2 is 1.51 bits per heavy atom. The van der Waals surface area contributed by atoms with E-state index in [2.05, 4.69) is 16.0 Å². The standard InChI is InChI=1S/C57H89N7O14/c1-15-34(8)47-45(66)29-46(67)78-50(33(6)7)49(68)35(9)51(69)58-41(26-31(2)3)55(73)64-25-17-19-42(64)56(74)62(13)44(28-38-20-22-40(76-14)23-21-38)57(75)77-37(11)48(53(71)59-47)60-52(70)43(27-32(4)5)61(12)30-39-18-16-24-63(39)54(72)36(10)65/h20-23,31-35,37,39,41-45,47-48,50,66H,15-19,24-30H2,1-14H3,(H,58,69)(H,59,71)(H,60,70)/t34-,35-,37+,39?,41-,42?,43+,44-,45-,47+,48+,50-/m0/s1. The molecule has 3 aliphatic heterocycles. The lowest BCUT2D eigenvalue weighted by molar-refractivity contribution is -0.163. The summed E-state index contributed by atoms with van der Waals surface area (Å²) in [6.45, 7) is 19.1. The molecule has 1 aromatic carbocycles. The topological polar surface area (TPSA) is 268 Å². The van der Waals surface area contributed by atoms with Gasteiger partial charge < -0.3 is 50.0 Å². The number of methoxy groups -OCH3 is 1. The number of amides is 6. The van der Waals surface area contributed by atoms with Crippen LogP contribution in [0.1, 0.15) is 133 Å². The number of benzene rings is 1. The van der Waals surface area contributed by atoms with E-state index in [1.807, 2.05) is 34.6 Å². The van der Waals surface area contributed by atoms with Crippen LogP contribution in [0.4, 0.5) is 0 Å². The number of ether oxygens (including phenoxy) is 3. The van der Waals surface area contributed by atoms with Crippen LogP contribution >= 0.6 is 0 Å². The van der Waals surface area contributed by atoms with E-state index in [0.29, 0.717) is 43.5 Å². The first-order valence-corrected chi connectivity index (χ1v) is 27.9. The first-order valence-electron chi connectivity index (χ1n) is 27.9. The van der Waals surface area contributed by atoms with Gasteiger partial charge in [-0.1, -0.05) is 73.9 Å². The van der Waals surface area contributed by atoms with E-state index >= 15 is 0 Å². The van der Waals surface area contributed by atoms with Crippen molar-refractivity contribution in [2.45, 2.75) is 195 Å². The highest BCUT2D eigenvalue weighted by atomic mass is 16.6. The van der Waals surface area contributed by atoms with Crippen molar-refractivity contribution < 1.29 is 67.3 Å². The number of nitrogens with zero attached hydrogens (tertiary/aromatic N) is 4. The van der Waals surface area contributed by atoms with Crippen molar-refractivity contribution in [1.29, 1.82) is 0 Å². The van der Waals surface area contributed by atoms with E-state index in [-0.39, 0.29) is 56.7 Å². The van der Waals surface area contributed by atoms with Crippen LogP contribution in [-0.2, 0) is 63.8 Å². The average molecular weight is 1100 g/mol. The van der Waals surface area contributed by atoms with Gasteiger partial charge in [0.15, 0.2) is 11.9 Å². The van der Waals surface area contributed by atoms with Gasteiger partial charge in [0.2, 0.25) is 35.3 Å². The van der Waals surface area contributed by atoms with Crippen LogP contribution in [0.15, 0.2) is 24.3 Å². The van der Waals surface area contributed by atoms with Crippen LogP contribution in [0.5, 0.6) is 5.75 Å². The molecule has 21 heteroatoms. The second kappa shape index (κ2) is 29.3. The molecule has 0 aliphatic carbocycles. The number of nitrogens with one attached hydrogen (secondary N) is 3. The zero-order chi connectivity index (χ0) is 58.5. The number of fused-ring (bicyclic) bond motifs is 1. The Balaban J connectivity index is 1.87. The average Bonchev–Trinajstić information content (AvgIpc) is 4.09. The number of ketones is 2. The normalized spacial score (nSPS) is 27.6. The highest BCUT2D eigenvalue weighted by Crippen LogP contribution is 2.27. The van der Waals surface area contributed by atoms with Gasteiger partial charge in [0, 0.05) is 46.1 Å². The number of carbonyl (C=O) groups is 10. The predicted octanol–water partition coefficient (Wildman–Crippen LogP) is 3.00. The molecule has 3 saturated heterocycles. The van der Waals surface area contributed by atoms with Gasteiger partial charge in [0.05, 0.1) is 37.6 Å². The molecule has 0 saturated carbocycles. The summed E-state index contributed by atoms with van der Waals surface area (Å²) in [6.07, 6.45) is -2.59. The lowest BCUT2D eigenvalue weighted by Gasteiger charge is -2.36. The number of esters is 2. The van der Waals surface area contributed by atoms with E-state index in [4.69, 9.17) is 14.2 Å². The number of hydrogen-bond donors (Lipinski definition) is 4. The van der Waals surface area contributed by atoms with Crippen LogP contribution in [0.25, 0.3) is 0 Å². The van der Waals surface area contributed by atoms with E-state index in [9.17, 15) is 53.1 Å². The Morgan fingerprint density at radius 3 is 2.09 bits per heavy atom. The number of hydrogen-bond acceptors (Lipinski definition) is 15. The molecule has 4 N–H and O–H groups in total. The first kappa shape index (κ1) is 64.6. The van der Waals surface area contributed by atoms with Gasteiger partial charge in [0.25, 0.3) is 5.91 Å². The third-order valence-corrected chi connectivity index (χ3v) is 15.5. The van der Waals surface area contributed by atoms with Gasteiger partial charge in [-0.25, -0.2) is 4.79 Å². The van der Waals surface area contributed by atoms with Crippen LogP contribution in [-0.4, -0.2) is 185 Å². The molecule has 4 rings (SSSR count). The molecule has 3 aliphatic rings. The third kappa shape index (κ3) is 17.0. The maximum absolute atomic E-state index is 15.0. The van der Waals surface area contributed by atoms with E-state index in [1.165, 1.54) is 49.6 Å². The molecule has 0 aromatic heterocycles. The molecule has 0 spiro atoms. The van der Waals surface area contributed by atoms with E-state index in [0.717, 1.165) is 0 Å². The van der Waals surface area contributed by atoms with Crippen molar-refractivity contribution in [3.8, 4) is 5.75 Å². The summed E-state index contributed by atoms with van der Waals surface area (Å²) in [5, 5.41) is 20.3. The molecule has 78 heavy (non-hydrogen) atoms. The van der Waals surface area contributed by atoms with Gasteiger partial charge in [-0.2, -0.15) is 0 Å². The molecule has 3 fully saturated rings. The fraction of sp³-hybridized carbons (Fsp3) is 0.719. The Bertz CT molecular complexity index is 2290. The Labute approximate surface area is 460 Å². The smallest absolute Gasteiger partial charge is 0.329 e. The maximum Gasteiger partial charge on any atom is 0.329 e. The number of rotatable bonds is 16. The van der Waals surface area contributed by atoms with Crippen molar-refractivity contribution in [2.75, 3.05) is 40.8 Å². The quantitative estimate of drug-likeness (QED) is 0.105. The molecule has 6 amide bonds. The number of cyclic esters (lactones) is 2.